The molecule has 0 saturated heterocycles. The summed E-state index contributed by atoms with van der Waals surface area (Å²) in [4.78, 5) is 14.2. The quantitative estimate of drug-likeness (QED) is 0.838. The van der Waals surface area contributed by atoms with Gasteiger partial charge in [-0.3, -0.25) is 9.69 Å². The SMILES string of the molecule is Cc1c(C#N)c(NC(=O)CN(C)C(C)CO)n(C2CCCC2)c1C. The number of hydrogen-bond donors (Lipinski definition) is 2. The van der Waals surface area contributed by atoms with Crippen LogP contribution in [0.15, 0.2) is 0 Å². The average molecular weight is 332 g/mol. The van der Waals surface area contributed by atoms with E-state index in [1.165, 1.54) is 12.8 Å². The largest absolute Gasteiger partial charge is 0.395 e. The number of anilines is 1. The topological polar surface area (TPSA) is 81.3 Å². The number of hydrogen-bond acceptors (Lipinski definition) is 4. The van der Waals surface area contributed by atoms with Gasteiger partial charge in [0.1, 0.15) is 11.9 Å². The Balaban J connectivity index is 2.27. The van der Waals surface area contributed by atoms with Crippen LogP contribution in [0.2, 0.25) is 0 Å². The number of nitriles is 1. The van der Waals surface area contributed by atoms with Crippen LogP contribution in [0.25, 0.3) is 0 Å². The monoisotopic (exact) mass is 332 g/mol. The first kappa shape index (κ1) is 18.5. The van der Waals surface area contributed by atoms with Crippen LogP contribution in [0, 0.1) is 25.2 Å². The van der Waals surface area contributed by atoms with Crippen LogP contribution in [0.1, 0.15) is 55.5 Å². The summed E-state index contributed by atoms with van der Waals surface area (Å²) in [6.45, 7) is 6.01. The van der Waals surface area contributed by atoms with Gasteiger partial charge in [-0.1, -0.05) is 12.8 Å². The Morgan fingerprint density at radius 3 is 2.62 bits per heavy atom. The van der Waals surface area contributed by atoms with Crippen LogP contribution < -0.4 is 5.32 Å². The highest BCUT2D eigenvalue weighted by molar-refractivity contribution is 5.93. The normalized spacial score (nSPS) is 16.4. The van der Waals surface area contributed by atoms with Gasteiger partial charge in [-0.05, 0) is 46.2 Å². The summed E-state index contributed by atoms with van der Waals surface area (Å²) in [5, 5.41) is 21.7. The zero-order valence-electron chi connectivity index (χ0n) is 15.1. The number of nitrogens with one attached hydrogen (secondary N) is 1. The van der Waals surface area contributed by atoms with Gasteiger partial charge >= 0.3 is 0 Å². The Morgan fingerprint density at radius 1 is 1.46 bits per heavy atom. The number of rotatable bonds is 6. The van der Waals surface area contributed by atoms with Crippen LogP contribution in [-0.2, 0) is 4.79 Å². The molecule has 1 aromatic heterocycles. The molecule has 1 fully saturated rings. The Kier molecular flexibility index (Phi) is 6.03. The van der Waals surface area contributed by atoms with Crippen LogP contribution in [-0.4, -0.2) is 46.7 Å². The van der Waals surface area contributed by atoms with E-state index in [0.717, 1.165) is 24.1 Å². The molecule has 0 radical (unpaired) electrons. The summed E-state index contributed by atoms with van der Waals surface area (Å²) < 4.78 is 2.15. The van der Waals surface area contributed by atoms with Crippen molar-refractivity contribution in [1.82, 2.24) is 9.47 Å². The predicted octanol–water partition coefficient (Wildman–Crippen LogP) is 2.34. The molecular weight excluding hydrogens is 304 g/mol. The first-order chi connectivity index (χ1) is 11.4. The average Bonchev–Trinajstić information content (AvgIpc) is 3.14. The first-order valence-corrected chi connectivity index (χ1v) is 8.63. The summed E-state index contributed by atoms with van der Waals surface area (Å²) in [5.41, 5.74) is 2.56. The molecule has 1 heterocycles. The van der Waals surface area contributed by atoms with Gasteiger partial charge in [0.05, 0.1) is 18.7 Å². The molecule has 2 N–H and O–H groups in total. The summed E-state index contributed by atoms with van der Waals surface area (Å²) in [6.07, 6.45) is 4.55. The van der Waals surface area contributed by atoms with Gasteiger partial charge in [-0.25, -0.2) is 0 Å². The lowest BCUT2D eigenvalue weighted by Crippen LogP contribution is -2.38. The fourth-order valence-corrected chi connectivity index (χ4v) is 3.40. The van der Waals surface area contributed by atoms with Gasteiger partial charge in [0.2, 0.25) is 5.91 Å². The van der Waals surface area contributed by atoms with Crippen LogP contribution in [0.5, 0.6) is 0 Å². The zero-order chi connectivity index (χ0) is 17.9. The molecule has 1 amide bonds. The minimum Gasteiger partial charge on any atom is -0.395 e. The fraction of sp³-hybridized carbons (Fsp3) is 0.667. The number of carbonyl (C=O) groups is 1. The van der Waals surface area contributed by atoms with Gasteiger partial charge in [-0.2, -0.15) is 5.26 Å². The van der Waals surface area contributed by atoms with E-state index in [4.69, 9.17) is 0 Å². The van der Waals surface area contributed by atoms with E-state index in [1.807, 2.05) is 20.8 Å². The van der Waals surface area contributed by atoms with Gasteiger partial charge in [0, 0.05) is 17.8 Å². The third kappa shape index (κ3) is 3.63. The van der Waals surface area contributed by atoms with Crippen LogP contribution >= 0.6 is 0 Å². The minimum atomic E-state index is -0.161. The van der Waals surface area contributed by atoms with E-state index < -0.39 is 0 Å². The molecule has 2 rings (SSSR count). The molecule has 24 heavy (non-hydrogen) atoms. The molecule has 1 aliphatic rings. The van der Waals surface area contributed by atoms with Gasteiger partial charge in [-0.15, -0.1) is 0 Å². The molecule has 0 spiro atoms. The molecule has 0 aromatic carbocycles. The zero-order valence-corrected chi connectivity index (χ0v) is 15.1. The Bertz CT molecular complexity index is 638. The number of aliphatic hydroxyl groups excluding tert-OH is 1. The van der Waals surface area contributed by atoms with Crippen molar-refractivity contribution in [2.24, 2.45) is 0 Å². The van der Waals surface area contributed by atoms with Crippen molar-refractivity contribution in [3.63, 3.8) is 0 Å². The Labute approximate surface area is 144 Å². The van der Waals surface area contributed by atoms with E-state index in [-0.39, 0.29) is 25.1 Å². The maximum Gasteiger partial charge on any atom is 0.239 e. The van der Waals surface area contributed by atoms with Crippen molar-refractivity contribution in [3.05, 3.63) is 16.8 Å². The minimum absolute atomic E-state index is 0.00386. The molecule has 6 nitrogen and oxygen atoms in total. The van der Waals surface area contributed by atoms with Gasteiger partial charge in [0.15, 0.2) is 0 Å². The molecular formula is C18H28N4O2. The molecule has 6 heteroatoms. The lowest BCUT2D eigenvalue weighted by atomic mass is 10.2. The summed E-state index contributed by atoms with van der Waals surface area (Å²) in [7, 11) is 1.80. The van der Waals surface area contributed by atoms with Crippen molar-refractivity contribution in [2.45, 2.75) is 58.5 Å². The van der Waals surface area contributed by atoms with E-state index in [1.54, 1.807) is 11.9 Å². The molecule has 1 aromatic rings. The lowest BCUT2D eigenvalue weighted by molar-refractivity contribution is -0.117. The second-order valence-corrected chi connectivity index (χ2v) is 6.85. The summed E-state index contributed by atoms with van der Waals surface area (Å²) >= 11 is 0. The van der Waals surface area contributed by atoms with Crippen molar-refractivity contribution < 1.29 is 9.90 Å². The van der Waals surface area contributed by atoms with Crippen molar-refractivity contribution in [1.29, 1.82) is 5.26 Å². The summed E-state index contributed by atoms with van der Waals surface area (Å²) in [5.74, 6) is 0.473. The van der Waals surface area contributed by atoms with Crippen molar-refractivity contribution in [2.75, 3.05) is 25.5 Å². The lowest BCUT2D eigenvalue weighted by Gasteiger charge is -2.23. The first-order valence-electron chi connectivity index (χ1n) is 8.63. The van der Waals surface area contributed by atoms with E-state index in [2.05, 4.69) is 16.0 Å². The smallest absolute Gasteiger partial charge is 0.239 e. The molecule has 1 aliphatic carbocycles. The summed E-state index contributed by atoms with van der Waals surface area (Å²) in [6, 6.07) is 2.52. The maximum absolute atomic E-state index is 12.4. The third-order valence-electron chi connectivity index (χ3n) is 5.23. The number of aromatic nitrogens is 1. The third-order valence-corrected chi connectivity index (χ3v) is 5.23. The second-order valence-electron chi connectivity index (χ2n) is 6.85. The molecule has 132 valence electrons. The number of carbonyl (C=O) groups excluding carboxylic acids is 1. The van der Waals surface area contributed by atoms with Gasteiger partial charge in [0.25, 0.3) is 0 Å². The molecule has 1 saturated carbocycles. The number of nitrogens with zero attached hydrogens (tertiary/aromatic N) is 3. The van der Waals surface area contributed by atoms with E-state index in [9.17, 15) is 15.2 Å². The number of likely N-dealkylation sites (N-methyl/N-ethyl adjacent to an activating group) is 1. The highest BCUT2D eigenvalue weighted by Crippen LogP contribution is 2.37. The van der Waals surface area contributed by atoms with Crippen LogP contribution in [0.3, 0.4) is 0 Å². The highest BCUT2D eigenvalue weighted by Gasteiger charge is 2.27. The van der Waals surface area contributed by atoms with Crippen molar-refractivity contribution >= 4 is 11.7 Å². The predicted molar refractivity (Wildman–Crippen MR) is 93.9 cm³/mol. The standard InChI is InChI=1S/C18H28N4O2/c1-12(11-23)21(4)10-17(24)20-18-16(9-19)13(2)14(3)22(18)15-7-5-6-8-15/h12,15,23H,5-8,10-11H2,1-4H3,(H,20,24). The second kappa shape index (κ2) is 7.82. The number of aliphatic hydroxyl groups is 1. The maximum atomic E-state index is 12.4. The number of amides is 1. The molecule has 1 atom stereocenters. The Hall–Kier alpha value is -1.84. The van der Waals surface area contributed by atoms with E-state index in [0.29, 0.717) is 17.4 Å². The highest BCUT2D eigenvalue weighted by atomic mass is 16.3. The molecule has 1 unspecified atom stereocenters. The molecule has 0 bridgehead atoms. The van der Waals surface area contributed by atoms with Crippen molar-refractivity contribution in [3.8, 4) is 6.07 Å². The van der Waals surface area contributed by atoms with Crippen LogP contribution in [0.4, 0.5) is 5.82 Å². The van der Waals surface area contributed by atoms with E-state index >= 15 is 0 Å². The molecule has 0 aliphatic heterocycles. The van der Waals surface area contributed by atoms with Gasteiger partial charge < -0.3 is 15.0 Å². The fourth-order valence-electron chi connectivity index (χ4n) is 3.40. The Morgan fingerprint density at radius 2 is 2.08 bits per heavy atom.